The summed E-state index contributed by atoms with van der Waals surface area (Å²) < 4.78 is 0. The molecule has 5 rings (SSSR count). The quantitative estimate of drug-likeness (QED) is 0.174. The third kappa shape index (κ3) is 5.96. The fourth-order valence-corrected chi connectivity index (χ4v) is 7.05. The maximum atomic E-state index is 4.63. The number of allylic oxidation sites excluding steroid dienone is 8. The van der Waals surface area contributed by atoms with E-state index in [9.17, 15) is 0 Å². The topological polar surface area (TPSA) is 0 Å². The van der Waals surface area contributed by atoms with Gasteiger partial charge in [-0.1, -0.05) is 155 Å². The van der Waals surface area contributed by atoms with Gasteiger partial charge in [-0.05, 0) is 101 Å². The maximum absolute atomic E-state index is 4.63. The van der Waals surface area contributed by atoms with Crippen LogP contribution in [0, 0.1) is 13.8 Å². The molecular formula is C44H48. The van der Waals surface area contributed by atoms with Gasteiger partial charge in [-0.2, -0.15) is 0 Å². The average Bonchev–Trinajstić information content (AvgIpc) is 3.04. The molecule has 4 aromatic carbocycles. The summed E-state index contributed by atoms with van der Waals surface area (Å²) in [4.78, 5) is 0. The summed E-state index contributed by atoms with van der Waals surface area (Å²) in [7, 11) is 0. The third-order valence-electron chi connectivity index (χ3n) is 10.2. The Labute approximate surface area is 266 Å². The van der Waals surface area contributed by atoms with Crippen LogP contribution in [-0.4, -0.2) is 0 Å². The van der Waals surface area contributed by atoms with Gasteiger partial charge in [0, 0.05) is 10.8 Å². The molecule has 0 fully saturated rings. The SMILES string of the molecule is C=C(/C=C/C(=C/C=C(/C)C(C)(CC)c1c(C)ccc2ccccc12)c1ccccc1)C(C)(C)c1c(C)ccc2c1C=CCC2. The minimum atomic E-state index is -0.201. The summed E-state index contributed by atoms with van der Waals surface area (Å²) in [5.74, 6) is 0. The molecule has 0 saturated carbocycles. The lowest BCUT2D eigenvalue weighted by molar-refractivity contribution is 0.538. The minimum Gasteiger partial charge on any atom is -0.0949 e. The van der Waals surface area contributed by atoms with Gasteiger partial charge >= 0.3 is 0 Å². The van der Waals surface area contributed by atoms with Crippen LogP contribution < -0.4 is 0 Å². The molecular weight excluding hydrogens is 528 g/mol. The van der Waals surface area contributed by atoms with E-state index < -0.39 is 0 Å². The third-order valence-corrected chi connectivity index (χ3v) is 10.2. The van der Waals surface area contributed by atoms with E-state index in [0.717, 1.165) is 24.8 Å². The Hall–Kier alpha value is -4.16. The van der Waals surface area contributed by atoms with Crippen molar-refractivity contribution >= 4 is 22.4 Å². The molecule has 0 nitrogen and oxygen atoms in total. The van der Waals surface area contributed by atoms with Crippen LogP contribution in [0.1, 0.15) is 86.4 Å². The van der Waals surface area contributed by atoms with Gasteiger partial charge in [0.05, 0.1) is 0 Å². The summed E-state index contributed by atoms with van der Waals surface area (Å²) in [5.41, 5.74) is 12.9. The second kappa shape index (κ2) is 12.8. The van der Waals surface area contributed by atoms with E-state index in [2.05, 4.69) is 170 Å². The van der Waals surface area contributed by atoms with Crippen molar-refractivity contribution in [1.29, 1.82) is 0 Å². The molecule has 1 unspecified atom stereocenters. The van der Waals surface area contributed by atoms with Gasteiger partial charge in [-0.3, -0.25) is 0 Å². The molecule has 0 bridgehead atoms. The van der Waals surface area contributed by atoms with E-state index in [-0.39, 0.29) is 10.8 Å². The molecule has 0 heterocycles. The lowest BCUT2D eigenvalue weighted by Gasteiger charge is -2.33. The normalized spacial score (nSPS) is 15.4. The van der Waals surface area contributed by atoms with Gasteiger partial charge in [0.2, 0.25) is 0 Å². The lowest BCUT2D eigenvalue weighted by Crippen LogP contribution is -2.24. The van der Waals surface area contributed by atoms with E-state index in [1.54, 1.807) is 0 Å². The fraction of sp³-hybridized carbons (Fsp3) is 0.273. The largest absolute Gasteiger partial charge is 0.0949 e. The van der Waals surface area contributed by atoms with Crippen LogP contribution in [0.25, 0.3) is 22.4 Å². The number of hydrogen-bond donors (Lipinski definition) is 0. The molecule has 0 saturated heterocycles. The first kappa shape index (κ1) is 31.3. The first-order valence-corrected chi connectivity index (χ1v) is 16.2. The van der Waals surface area contributed by atoms with E-state index in [0.29, 0.717) is 0 Å². The van der Waals surface area contributed by atoms with Gasteiger partial charge in [0.25, 0.3) is 0 Å². The van der Waals surface area contributed by atoms with E-state index >= 15 is 0 Å². The summed E-state index contributed by atoms with van der Waals surface area (Å²) in [5, 5.41) is 2.65. The predicted molar refractivity (Wildman–Crippen MR) is 194 cm³/mol. The van der Waals surface area contributed by atoms with E-state index in [1.165, 1.54) is 60.9 Å². The number of aryl methyl sites for hydroxylation is 3. The molecule has 1 atom stereocenters. The summed E-state index contributed by atoms with van der Waals surface area (Å²) in [6.45, 7) is 20.8. The Morgan fingerprint density at radius 2 is 1.48 bits per heavy atom. The molecule has 0 aromatic heterocycles. The van der Waals surface area contributed by atoms with Gasteiger partial charge in [-0.25, -0.2) is 0 Å². The van der Waals surface area contributed by atoms with Crippen LogP contribution in [-0.2, 0) is 17.3 Å². The van der Waals surface area contributed by atoms with Crippen LogP contribution >= 0.6 is 0 Å². The highest BCUT2D eigenvalue weighted by molar-refractivity contribution is 5.88. The Balaban J connectivity index is 1.54. The van der Waals surface area contributed by atoms with Crippen LogP contribution in [0.15, 0.2) is 127 Å². The van der Waals surface area contributed by atoms with Crippen LogP contribution in [0.2, 0.25) is 0 Å². The second-order valence-corrected chi connectivity index (χ2v) is 13.3. The molecule has 0 heteroatoms. The molecule has 224 valence electrons. The zero-order valence-electron chi connectivity index (χ0n) is 27.8. The highest BCUT2D eigenvalue weighted by Crippen LogP contribution is 2.42. The van der Waals surface area contributed by atoms with E-state index in [1.807, 2.05) is 0 Å². The van der Waals surface area contributed by atoms with Crippen molar-refractivity contribution in [3.63, 3.8) is 0 Å². The average molecular weight is 577 g/mol. The molecule has 0 aliphatic heterocycles. The zero-order chi connectivity index (χ0) is 31.5. The lowest BCUT2D eigenvalue weighted by atomic mass is 9.71. The number of benzene rings is 4. The first-order chi connectivity index (χ1) is 21.1. The van der Waals surface area contributed by atoms with Crippen molar-refractivity contribution in [2.75, 3.05) is 0 Å². The van der Waals surface area contributed by atoms with Gasteiger partial charge in [-0.15, -0.1) is 0 Å². The summed E-state index contributed by atoms with van der Waals surface area (Å²) in [6.07, 6.45) is 17.0. The van der Waals surface area contributed by atoms with Crippen molar-refractivity contribution in [1.82, 2.24) is 0 Å². The van der Waals surface area contributed by atoms with Gasteiger partial charge < -0.3 is 0 Å². The molecule has 44 heavy (non-hydrogen) atoms. The molecule has 0 spiro atoms. The van der Waals surface area contributed by atoms with Gasteiger partial charge in [0.15, 0.2) is 0 Å². The number of fused-ring (bicyclic) bond motifs is 2. The molecule has 0 amide bonds. The van der Waals surface area contributed by atoms with Crippen LogP contribution in [0.5, 0.6) is 0 Å². The Morgan fingerprint density at radius 3 is 2.23 bits per heavy atom. The molecule has 0 N–H and O–H groups in total. The first-order valence-electron chi connectivity index (χ1n) is 16.2. The second-order valence-electron chi connectivity index (χ2n) is 13.3. The van der Waals surface area contributed by atoms with Crippen LogP contribution in [0.3, 0.4) is 0 Å². The van der Waals surface area contributed by atoms with Gasteiger partial charge in [0.1, 0.15) is 0 Å². The Kier molecular flexibility index (Phi) is 9.12. The molecule has 0 radical (unpaired) electrons. The Morgan fingerprint density at radius 1 is 0.795 bits per heavy atom. The predicted octanol–water partition coefficient (Wildman–Crippen LogP) is 12.2. The minimum absolute atomic E-state index is 0.0873. The van der Waals surface area contributed by atoms with Crippen molar-refractivity contribution in [2.24, 2.45) is 0 Å². The fourth-order valence-electron chi connectivity index (χ4n) is 7.05. The monoisotopic (exact) mass is 576 g/mol. The summed E-state index contributed by atoms with van der Waals surface area (Å²) >= 11 is 0. The zero-order valence-corrected chi connectivity index (χ0v) is 27.8. The standard InChI is InChI=1S/C44H48/c1-9-44(8,42-32(3)24-28-38-20-14-16-22-40(38)42)34(5)26-30-36(35-17-11-10-12-18-35)29-25-33(4)43(6,7)41-31(2)23-27-37-19-13-15-21-39(37)41/h10-12,14-18,20-30H,4,9,13,19H2,1-3,5-8H3/b29-25+,34-26-,36-30-. The smallest absolute Gasteiger partial charge is 0.0149 e. The van der Waals surface area contributed by atoms with Crippen LogP contribution in [0.4, 0.5) is 0 Å². The highest BCUT2D eigenvalue weighted by atomic mass is 14.3. The summed E-state index contributed by atoms with van der Waals surface area (Å²) in [6, 6.07) is 28.6. The molecule has 4 aromatic rings. The number of hydrogen-bond acceptors (Lipinski definition) is 0. The maximum Gasteiger partial charge on any atom is 0.0149 e. The van der Waals surface area contributed by atoms with Crippen molar-refractivity contribution in [2.45, 2.75) is 78.6 Å². The van der Waals surface area contributed by atoms with Crippen molar-refractivity contribution in [3.05, 3.63) is 166 Å². The van der Waals surface area contributed by atoms with Crippen molar-refractivity contribution < 1.29 is 0 Å². The molecule has 1 aliphatic carbocycles. The number of rotatable bonds is 9. The molecule has 1 aliphatic rings. The highest BCUT2D eigenvalue weighted by Gasteiger charge is 2.30. The Bertz CT molecular complexity index is 1800. The van der Waals surface area contributed by atoms with Crippen molar-refractivity contribution in [3.8, 4) is 0 Å². The van der Waals surface area contributed by atoms with E-state index in [4.69, 9.17) is 0 Å².